The summed E-state index contributed by atoms with van der Waals surface area (Å²) < 4.78 is 6.35. The molecule has 9 heteroatoms. The molecule has 0 spiro atoms. The summed E-state index contributed by atoms with van der Waals surface area (Å²) in [6, 6.07) is 22.0. The van der Waals surface area contributed by atoms with Crippen molar-refractivity contribution in [3.63, 3.8) is 0 Å². The molecular formula is C26H20Cl2N4O2S. The van der Waals surface area contributed by atoms with E-state index in [0.717, 1.165) is 16.9 Å². The van der Waals surface area contributed by atoms with Gasteiger partial charge in [0, 0.05) is 30.1 Å². The van der Waals surface area contributed by atoms with Crippen LogP contribution in [0.2, 0.25) is 10.0 Å². The molecule has 1 amide bonds. The minimum Gasteiger partial charge on any atom is -0.459 e. The number of anilines is 2. The molecule has 3 heterocycles. The van der Waals surface area contributed by atoms with Crippen LogP contribution >= 0.6 is 35.4 Å². The Bertz CT molecular complexity index is 1390. The quantitative estimate of drug-likeness (QED) is 0.281. The van der Waals surface area contributed by atoms with Gasteiger partial charge in [0.25, 0.3) is 0 Å². The second kappa shape index (κ2) is 9.70. The van der Waals surface area contributed by atoms with Crippen molar-refractivity contribution < 1.29 is 9.21 Å². The number of carbonyl (C=O) groups is 1. The highest BCUT2D eigenvalue weighted by molar-refractivity contribution is 7.80. The van der Waals surface area contributed by atoms with E-state index in [2.05, 4.69) is 15.6 Å². The van der Waals surface area contributed by atoms with Crippen LogP contribution in [-0.4, -0.2) is 16.0 Å². The molecule has 2 aromatic heterocycles. The summed E-state index contributed by atoms with van der Waals surface area (Å²) in [5.41, 5.74) is 3.22. The van der Waals surface area contributed by atoms with Gasteiger partial charge in [0.15, 0.2) is 5.11 Å². The fourth-order valence-corrected chi connectivity index (χ4v) is 4.79. The van der Waals surface area contributed by atoms with Crippen molar-refractivity contribution in [2.75, 3.05) is 10.2 Å². The molecular weight excluding hydrogens is 503 g/mol. The van der Waals surface area contributed by atoms with Crippen molar-refractivity contribution in [1.82, 2.24) is 10.3 Å². The second-order valence-corrected chi connectivity index (χ2v) is 9.26. The number of halogens is 2. The first-order valence-electron chi connectivity index (χ1n) is 10.8. The zero-order valence-corrected chi connectivity index (χ0v) is 20.9. The Labute approximate surface area is 217 Å². The third-order valence-corrected chi connectivity index (χ3v) is 6.74. The molecule has 2 atom stereocenters. The highest BCUT2D eigenvalue weighted by Gasteiger charge is 2.42. The molecule has 1 aliphatic heterocycles. The molecule has 0 bridgehead atoms. The average molecular weight is 523 g/mol. The standard InChI is InChI=1S/C26H20Cl2N4O2S/c1-15(33)30-17-6-8-18(9-7-17)32-25(24(31-26(32)35)21-4-2-3-13-29-21)23-12-11-22(34-23)16-5-10-19(27)20(28)14-16/h2-14,24-25H,1H3,(H,30,33)(H,31,35). The van der Waals surface area contributed by atoms with E-state index in [1.54, 1.807) is 18.3 Å². The smallest absolute Gasteiger partial charge is 0.221 e. The summed E-state index contributed by atoms with van der Waals surface area (Å²) in [6.45, 7) is 1.48. The van der Waals surface area contributed by atoms with E-state index < -0.39 is 0 Å². The van der Waals surface area contributed by atoms with Crippen LogP contribution in [0.15, 0.2) is 83.4 Å². The topological polar surface area (TPSA) is 70.4 Å². The summed E-state index contributed by atoms with van der Waals surface area (Å²) in [5.74, 6) is 1.24. The number of hydrogen-bond acceptors (Lipinski definition) is 4. The molecule has 176 valence electrons. The first-order chi connectivity index (χ1) is 16.9. The lowest BCUT2D eigenvalue weighted by Gasteiger charge is -2.26. The van der Waals surface area contributed by atoms with E-state index in [1.165, 1.54) is 6.92 Å². The van der Waals surface area contributed by atoms with Gasteiger partial charge in [-0.05, 0) is 78.9 Å². The summed E-state index contributed by atoms with van der Waals surface area (Å²) in [7, 11) is 0. The summed E-state index contributed by atoms with van der Waals surface area (Å²) >= 11 is 18.1. The van der Waals surface area contributed by atoms with Crippen LogP contribution in [0.25, 0.3) is 11.3 Å². The average Bonchev–Trinajstić information content (AvgIpc) is 3.46. The minimum atomic E-state index is -0.305. The van der Waals surface area contributed by atoms with Gasteiger partial charge in [-0.15, -0.1) is 0 Å². The van der Waals surface area contributed by atoms with E-state index in [9.17, 15) is 4.79 Å². The molecule has 1 fully saturated rings. The minimum absolute atomic E-state index is 0.130. The van der Waals surface area contributed by atoms with Crippen LogP contribution in [0, 0.1) is 0 Å². The fraction of sp³-hybridized carbons (Fsp3) is 0.115. The van der Waals surface area contributed by atoms with Crippen molar-refractivity contribution in [3.8, 4) is 11.3 Å². The number of nitrogens with one attached hydrogen (secondary N) is 2. The van der Waals surface area contributed by atoms with Gasteiger partial charge in [0.1, 0.15) is 17.6 Å². The molecule has 6 nitrogen and oxygen atoms in total. The van der Waals surface area contributed by atoms with Gasteiger partial charge in [-0.1, -0.05) is 29.3 Å². The largest absolute Gasteiger partial charge is 0.459 e. The second-order valence-electron chi connectivity index (χ2n) is 8.06. The first-order valence-corrected chi connectivity index (χ1v) is 12.0. The monoisotopic (exact) mass is 522 g/mol. The maximum Gasteiger partial charge on any atom is 0.221 e. The number of thiocarbonyl (C=S) groups is 1. The Morgan fingerprint density at radius 1 is 1.06 bits per heavy atom. The fourth-order valence-electron chi connectivity index (χ4n) is 4.15. The van der Waals surface area contributed by atoms with Crippen molar-refractivity contribution >= 4 is 57.8 Å². The van der Waals surface area contributed by atoms with E-state index in [0.29, 0.717) is 32.4 Å². The van der Waals surface area contributed by atoms with Gasteiger partial charge in [-0.2, -0.15) is 0 Å². The predicted molar refractivity (Wildman–Crippen MR) is 143 cm³/mol. The van der Waals surface area contributed by atoms with E-state index in [4.69, 9.17) is 39.8 Å². The van der Waals surface area contributed by atoms with E-state index in [1.807, 2.05) is 65.6 Å². The van der Waals surface area contributed by atoms with Gasteiger partial charge in [-0.25, -0.2) is 0 Å². The van der Waals surface area contributed by atoms with Gasteiger partial charge in [-0.3, -0.25) is 9.78 Å². The van der Waals surface area contributed by atoms with Crippen molar-refractivity contribution in [2.24, 2.45) is 0 Å². The number of aromatic nitrogens is 1. The number of hydrogen-bond donors (Lipinski definition) is 2. The highest BCUT2D eigenvalue weighted by atomic mass is 35.5. The number of carbonyl (C=O) groups excluding carboxylic acids is 1. The number of benzene rings is 2. The third kappa shape index (κ3) is 4.75. The van der Waals surface area contributed by atoms with Gasteiger partial charge in [0.05, 0.1) is 21.8 Å². The maximum atomic E-state index is 11.4. The van der Waals surface area contributed by atoms with Crippen LogP contribution in [0.4, 0.5) is 11.4 Å². The Balaban J connectivity index is 1.55. The molecule has 1 saturated heterocycles. The summed E-state index contributed by atoms with van der Waals surface area (Å²) in [6.07, 6.45) is 1.76. The van der Waals surface area contributed by atoms with Crippen LogP contribution in [0.1, 0.15) is 30.5 Å². The number of nitrogens with zero attached hydrogens (tertiary/aromatic N) is 2. The molecule has 1 aliphatic rings. The molecule has 5 rings (SSSR count). The molecule has 0 saturated carbocycles. The van der Waals surface area contributed by atoms with Crippen LogP contribution in [0.3, 0.4) is 0 Å². The first kappa shape index (κ1) is 23.4. The van der Waals surface area contributed by atoms with Gasteiger partial charge < -0.3 is 20.0 Å². The molecule has 0 aliphatic carbocycles. The molecule has 0 radical (unpaired) electrons. The Morgan fingerprint density at radius 2 is 1.86 bits per heavy atom. The molecule has 4 aromatic rings. The lowest BCUT2D eigenvalue weighted by Crippen LogP contribution is -2.29. The van der Waals surface area contributed by atoms with Crippen LogP contribution < -0.4 is 15.5 Å². The zero-order valence-electron chi connectivity index (χ0n) is 18.5. The van der Waals surface area contributed by atoms with E-state index in [-0.39, 0.29) is 18.0 Å². The van der Waals surface area contributed by atoms with Crippen molar-refractivity contribution in [2.45, 2.75) is 19.0 Å². The predicted octanol–water partition coefficient (Wildman–Crippen LogP) is 6.78. The highest BCUT2D eigenvalue weighted by Crippen LogP contribution is 2.43. The van der Waals surface area contributed by atoms with Gasteiger partial charge in [0.2, 0.25) is 5.91 Å². The Kier molecular flexibility index (Phi) is 6.47. The third-order valence-electron chi connectivity index (χ3n) is 5.69. The SMILES string of the molecule is CC(=O)Nc1ccc(N2C(=S)NC(c3ccccn3)C2c2ccc(-c3ccc(Cl)c(Cl)c3)o2)cc1. The van der Waals surface area contributed by atoms with Gasteiger partial charge >= 0.3 is 0 Å². The molecule has 2 unspecified atom stereocenters. The zero-order chi connectivity index (χ0) is 24.5. The summed E-state index contributed by atoms with van der Waals surface area (Å²) in [5, 5.41) is 7.68. The Hall–Kier alpha value is -3.39. The maximum absolute atomic E-state index is 11.4. The van der Waals surface area contributed by atoms with Crippen LogP contribution in [0.5, 0.6) is 0 Å². The number of amides is 1. The normalized spacial score (nSPS) is 17.3. The summed E-state index contributed by atoms with van der Waals surface area (Å²) in [4.78, 5) is 18.0. The lowest BCUT2D eigenvalue weighted by atomic mass is 10.0. The molecule has 35 heavy (non-hydrogen) atoms. The van der Waals surface area contributed by atoms with Crippen molar-refractivity contribution in [3.05, 3.63) is 100 Å². The molecule has 2 aromatic carbocycles. The Morgan fingerprint density at radius 3 is 2.54 bits per heavy atom. The van der Waals surface area contributed by atoms with Crippen LogP contribution in [-0.2, 0) is 4.79 Å². The number of furan rings is 1. The molecule has 2 N–H and O–H groups in total. The number of pyridine rings is 1. The lowest BCUT2D eigenvalue weighted by molar-refractivity contribution is -0.114. The number of rotatable bonds is 5. The van der Waals surface area contributed by atoms with E-state index >= 15 is 0 Å². The van der Waals surface area contributed by atoms with Crippen molar-refractivity contribution in [1.29, 1.82) is 0 Å².